The molecular formula is C25H20F2N4O3. The van der Waals surface area contributed by atoms with Crippen molar-refractivity contribution in [2.45, 2.75) is 6.43 Å². The summed E-state index contributed by atoms with van der Waals surface area (Å²) in [6.07, 6.45) is 0.774. The maximum absolute atomic E-state index is 13.8. The molecule has 0 aliphatic heterocycles. The molecule has 3 heterocycles. The topological polar surface area (TPSA) is 71.2 Å². The molecule has 0 N–H and O–H groups in total. The monoisotopic (exact) mass is 465 g/mol. The molecule has 9 heteroatoms. The highest BCUT2D eigenvalue weighted by atomic mass is 19.3. The van der Waals surface area contributed by atoms with Gasteiger partial charge in [0.25, 0.3) is 12.0 Å². The Morgan fingerprint density at radius 3 is 2.65 bits per heavy atom. The van der Waals surface area contributed by atoms with E-state index in [2.05, 4.69) is 10.1 Å². The van der Waals surface area contributed by atoms with E-state index in [0.717, 1.165) is 10.9 Å². The van der Waals surface area contributed by atoms with Gasteiger partial charge in [-0.2, -0.15) is 5.10 Å². The number of hydrogen-bond donors (Lipinski definition) is 0. The van der Waals surface area contributed by atoms with Gasteiger partial charge in [-0.25, -0.2) is 13.8 Å². The lowest BCUT2D eigenvalue weighted by molar-refractivity contribution is 0.0798. The van der Waals surface area contributed by atoms with E-state index in [1.165, 1.54) is 22.8 Å². The summed E-state index contributed by atoms with van der Waals surface area (Å²) >= 11 is 0. The average molecular weight is 465 g/mol. The first kappa shape index (κ1) is 18.2. The predicted molar refractivity (Wildman–Crippen MR) is 125 cm³/mol. The molecule has 0 saturated heterocycles. The molecule has 5 aromatic rings. The Kier molecular flexibility index (Phi) is 4.59. The Balaban J connectivity index is 1.69. The minimum absolute atomic E-state index is 0.0506. The van der Waals surface area contributed by atoms with Crippen LogP contribution in [-0.4, -0.2) is 39.4 Å². The first-order valence-corrected chi connectivity index (χ1v) is 10.3. The van der Waals surface area contributed by atoms with Crippen molar-refractivity contribution < 1.29 is 22.4 Å². The van der Waals surface area contributed by atoms with Crippen molar-refractivity contribution in [1.29, 1.82) is 0 Å². The fourth-order valence-electron chi connectivity index (χ4n) is 3.83. The van der Waals surface area contributed by atoms with Crippen molar-refractivity contribution in [3.63, 3.8) is 0 Å². The maximum atomic E-state index is 13.8. The van der Waals surface area contributed by atoms with Crippen molar-refractivity contribution in [3.8, 4) is 28.4 Å². The van der Waals surface area contributed by atoms with Gasteiger partial charge in [-0.3, -0.25) is 14.0 Å². The summed E-state index contributed by atoms with van der Waals surface area (Å²) in [6.45, 7) is -0.836. The number of aryl methyl sites for hydroxylation is 1. The van der Waals surface area contributed by atoms with Crippen LogP contribution in [0.4, 0.5) is 8.78 Å². The summed E-state index contributed by atoms with van der Waals surface area (Å²) in [4.78, 5) is 18.2. The van der Waals surface area contributed by atoms with Crippen LogP contribution in [0, 0.1) is 0 Å². The Bertz CT molecular complexity index is 1660. The molecule has 0 fully saturated rings. The van der Waals surface area contributed by atoms with E-state index in [0.29, 0.717) is 16.6 Å². The molecule has 172 valence electrons. The van der Waals surface area contributed by atoms with Crippen molar-refractivity contribution in [2.75, 3.05) is 13.6 Å². The van der Waals surface area contributed by atoms with Crippen LogP contribution in [0.1, 0.15) is 4.11 Å². The minimum atomic E-state index is -2.68. The number of nitrogens with zero attached hydrogens (tertiary/aromatic N) is 4. The Morgan fingerprint density at radius 2 is 1.88 bits per heavy atom. The van der Waals surface area contributed by atoms with Crippen LogP contribution in [0.3, 0.4) is 0 Å². The number of benzene rings is 2. The smallest absolute Gasteiger partial charge is 0.272 e. The average Bonchev–Trinajstić information content (AvgIpc) is 3.21. The standard InChI is InChI=1S/C25H20F2N4O3/c1-30-12-17-11-18(6-9-20(17)29-30)31-13-16-5-10-22(34-14-21(26)27)28-24(16)23(25(31)32)15-3-7-19(33-2)8-4-15/h3-13,21H,14H2,1-2H3/i2D3. The highest BCUT2D eigenvalue weighted by Crippen LogP contribution is 2.29. The first-order valence-electron chi connectivity index (χ1n) is 11.8. The van der Waals surface area contributed by atoms with Gasteiger partial charge >= 0.3 is 0 Å². The number of methoxy groups -OCH3 is 1. The largest absolute Gasteiger partial charge is 0.497 e. The zero-order chi connectivity index (χ0) is 26.3. The summed E-state index contributed by atoms with van der Waals surface area (Å²) in [5, 5.41) is 5.76. The van der Waals surface area contributed by atoms with Crippen LogP contribution in [-0.2, 0) is 7.05 Å². The molecule has 0 saturated carbocycles. The SMILES string of the molecule is [2H]C([2H])([2H])Oc1ccc(-c2c(=O)n(-c3ccc4nn(C)cc4c3)cc3ccc(OCC(F)F)nc23)cc1. The maximum Gasteiger partial charge on any atom is 0.272 e. The number of pyridine rings is 2. The van der Waals surface area contributed by atoms with E-state index in [4.69, 9.17) is 13.6 Å². The summed E-state index contributed by atoms with van der Waals surface area (Å²) in [6, 6.07) is 14.5. The molecule has 7 nitrogen and oxygen atoms in total. The van der Waals surface area contributed by atoms with Crippen LogP contribution in [0.25, 0.3) is 38.6 Å². The molecule has 0 spiro atoms. The molecular weight excluding hydrogens is 442 g/mol. The number of ether oxygens (including phenoxy) is 2. The van der Waals surface area contributed by atoms with Crippen LogP contribution in [0.2, 0.25) is 0 Å². The zero-order valence-electron chi connectivity index (χ0n) is 20.9. The number of hydrogen-bond acceptors (Lipinski definition) is 5. The lowest BCUT2D eigenvalue weighted by Gasteiger charge is -2.14. The van der Waals surface area contributed by atoms with E-state index >= 15 is 0 Å². The molecule has 0 unspecified atom stereocenters. The lowest BCUT2D eigenvalue weighted by Crippen LogP contribution is -2.20. The summed E-state index contributed by atoms with van der Waals surface area (Å²) in [5.41, 5.74) is 1.82. The summed E-state index contributed by atoms with van der Waals surface area (Å²) in [7, 11) is -0.823. The second-order valence-electron chi connectivity index (χ2n) is 7.64. The molecule has 0 atom stereocenters. The molecule has 0 amide bonds. The normalized spacial score (nSPS) is 13.1. The third-order valence-electron chi connectivity index (χ3n) is 5.34. The minimum Gasteiger partial charge on any atom is -0.497 e. The first-order chi connectivity index (χ1) is 17.6. The molecule has 3 aromatic heterocycles. The zero-order valence-corrected chi connectivity index (χ0v) is 17.9. The van der Waals surface area contributed by atoms with Crippen molar-refractivity contribution >= 4 is 21.8 Å². The molecule has 5 rings (SSSR count). The molecule has 0 radical (unpaired) electrons. The fourth-order valence-corrected chi connectivity index (χ4v) is 3.83. The number of halogens is 2. The van der Waals surface area contributed by atoms with Crippen molar-refractivity contribution in [2.24, 2.45) is 7.05 Å². The highest BCUT2D eigenvalue weighted by Gasteiger charge is 2.17. The van der Waals surface area contributed by atoms with E-state index < -0.39 is 25.6 Å². The number of fused-ring (bicyclic) bond motifs is 2. The quantitative estimate of drug-likeness (QED) is 0.367. The van der Waals surface area contributed by atoms with Gasteiger partial charge in [0.05, 0.1) is 27.7 Å². The van der Waals surface area contributed by atoms with Crippen LogP contribution < -0.4 is 15.0 Å². The van der Waals surface area contributed by atoms with Crippen LogP contribution in [0.15, 0.2) is 71.8 Å². The van der Waals surface area contributed by atoms with Gasteiger partial charge in [0.15, 0.2) is 6.61 Å². The Morgan fingerprint density at radius 1 is 1.06 bits per heavy atom. The number of rotatable bonds is 6. The van der Waals surface area contributed by atoms with Crippen molar-refractivity contribution in [1.82, 2.24) is 19.3 Å². The van der Waals surface area contributed by atoms with E-state index in [1.807, 2.05) is 18.3 Å². The Labute approximate surface area is 197 Å². The van der Waals surface area contributed by atoms with E-state index in [1.54, 1.807) is 42.2 Å². The van der Waals surface area contributed by atoms with E-state index in [-0.39, 0.29) is 22.7 Å². The van der Waals surface area contributed by atoms with Gasteiger partial charge in [-0.05, 0) is 42.0 Å². The number of alkyl halides is 2. The number of aromatic nitrogens is 4. The second kappa shape index (κ2) is 8.58. The summed E-state index contributed by atoms with van der Waals surface area (Å²) in [5.74, 6) is 0.0468. The van der Waals surface area contributed by atoms with Crippen LogP contribution >= 0.6 is 0 Å². The third-order valence-corrected chi connectivity index (χ3v) is 5.34. The molecule has 34 heavy (non-hydrogen) atoms. The van der Waals surface area contributed by atoms with Gasteiger partial charge in [0.1, 0.15) is 5.75 Å². The fraction of sp³-hybridized carbons (Fsp3) is 0.160. The highest BCUT2D eigenvalue weighted by molar-refractivity contribution is 5.93. The second-order valence-corrected chi connectivity index (χ2v) is 7.64. The van der Waals surface area contributed by atoms with E-state index in [9.17, 15) is 13.6 Å². The summed E-state index contributed by atoms with van der Waals surface area (Å²) < 4.78 is 60.4. The third kappa shape index (κ3) is 3.96. The lowest BCUT2D eigenvalue weighted by atomic mass is 10.0. The van der Waals surface area contributed by atoms with Crippen LogP contribution in [0.5, 0.6) is 11.6 Å². The van der Waals surface area contributed by atoms with Gasteiger partial charge in [0, 0.05) is 42.0 Å². The van der Waals surface area contributed by atoms with Gasteiger partial charge in [0.2, 0.25) is 5.88 Å². The molecule has 0 aliphatic rings. The Hall–Kier alpha value is -4.27. The molecule has 0 aliphatic carbocycles. The molecule has 2 aromatic carbocycles. The van der Waals surface area contributed by atoms with Gasteiger partial charge in [-0.15, -0.1) is 0 Å². The molecule has 0 bridgehead atoms. The van der Waals surface area contributed by atoms with Gasteiger partial charge in [-0.1, -0.05) is 12.1 Å². The van der Waals surface area contributed by atoms with Gasteiger partial charge < -0.3 is 9.47 Å². The predicted octanol–water partition coefficient (Wildman–Crippen LogP) is 4.59. The van der Waals surface area contributed by atoms with Crippen molar-refractivity contribution in [3.05, 3.63) is 77.3 Å².